The third kappa shape index (κ3) is 2.39. The van der Waals surface area contributed by atoms with Crippen LogP contribution in [0.25, 0.3) is 17.0 Å². The van der Waals surface area contributed by atoms with E-state index in [1.807, 2.05) is 41.8 Å². The second-order valence-corrected chi connectivity index (χ2v) is 5.87. The molecule has 0 saturated heterocycles. The summed E-state index contributed by atoms with van der Waals surface area (Å²) in [6.07, 6.45) is 3.60. The molecular formula is C18H13ClN4O. The van der Waals surface area contributed by atoms with Gasteiger partial charge in [-0.2, -0.15) is 5.10 Å². The fourth-order valence-corrected chi connectivity index (χ4v) is 2.84. The number of nitrogens with zero attached hydrogens (tertiary/aromatic N) is 4. The molecule has 0 fully saturated rings. The van der Waals surface area contributed by atoms with E-state index in [1.54, 1.807) is 30.5 Å². The molecule has 0 saturated carbocycles. The first-order valence-corrected chi connectivity index (χ1v) is 7.81. The SMILES string of the molecule is Cc1nc2ccccn2c1-c1ccn(C(=O)c2ccc(Cl)cc2)n1. The molecule has 0 N–H and O–H groups in total. The molecule has 1 aromatic carbocycles. The van der Waals surface area contributed by atoms with Crippen molar-refractivity contribution in [3.8, 4) is 11.4 Å². The van der Waals surface area contributed by atoms with Crippen molar-refractivity contribution in [2.75, 3.05) is 0 Å². The molecule has 5 nitrogen and oxygen atoms in total. The van der Waals surface area contributed by atoms with E-state index in [4.69, 9.17) is 11.6 Å². The average molecular weight is 337 g/mol. The van der Waals surface area contributed by atoms with Gasteiger partial charge in [-0.1, -0.05) is 17.7 Å². The summed E-state index contributed by atoms with van der Waals surface area (Å²) in [5.74, 6) is -0.204. The van der Waals surface area contributed by atoms with E-state index in [-0.39, 0.29) is 5.91 Å². The van der Waals surface area contributed by atoms with Crippen molar-refractivity contribution >= 4 is 23.2 Å². The molecular weight excluding hydrogens is 324 g/mol. The molecule has 3 heterocycles. The number of fused-ring (bicyclic) bond motifs is 1. The second kappa shape index (κ2) is 5.62. The first kappa shape index (κ1) is 14.7. The van der Waals surface area contributed by atoms with Gasteiger partial charge in [0.05, 0.1) is 11.4 Å². The number of hydrogen-bond acceptors (Lipinski definition) is 3. The van der Waals surface area contributed by atoms with Gasteiger partial charge in [-0.3, -0.25) is 9.20 Å². The molecule has 0 aliphatic carbocycles. The predicted octanol–water partition coefficient (Wildman–Crippen LogP) is 3.85. The minimum Gasteiger partial charge on any atom is -0.298 e. The monoisotopic (exact) mass is 336 g/mol. The summed E-state index contributed by atoms with van der Waals surface area (Å²) in [5, 5.41) is 5.03. The number of aryl methyl sites for hydroxylation is 1. The van der Waals surface area contributed by atoms with E-state index in [9.17, 15) is 4.79 Å². The normalized spacial score (nSPS) is 11.1. The Hall–Kier alpha value is -2.92. The topological polar surface area (TPSA) is 52.2 Å². The van der Waals surface area contributed by atoms with E-state index in [1.165, 1.54) is 4.68 Å². The second-order valence-electron chi connectivity index (χ2n) is 5.43. The highest BCUT2D eigenvalue weighted by Gasteiger charge is 2.16. The maximum atomic E-state index is 12.5. The third-order valence-corrected chi connectivity index (χ3v) is 4.09. The van der Waals surface area contributed by atoms with Gasteiger partial charge in [-0.15, -0.1) is 0 Å². The summed E-state index contributed by atoms with van der Waals surface area (Å²) < 4.78 is 3.30. The number of hydrogen-bond donors (Lipinski definition) is 0. The largest absolute Gasteiger partial charge is 0.298 e. The van der Waals surface area contributed by atoms with Gasteiger partial charge >= 0.3 is 0 Å². The van der Waals surface area contributed by atoms with Crippen LogP contribution in [0.2, 0.25) is 5.02 Å². The minimum atomic E-state index is -0.204. The van der Waals surface area contributed by atoms with Crippen molar-refractivity contribution in [1.82, 2.24) is 19.2 Å². The lowest BCUT2D eigenvalue weighted by atomic mass is 10.2. The van der Waals surface area contributed by atoms with Crippen molar-refractivity contribution in [1.29, 1.82) is 0 Å². The lowest BCUT2D eigenvalue weighted by molar-refractivity contribution is 0.0945. The zero-order valence-electron chi connectivity index (χ0n) is 12.8. The molecule has 4 aromatic rings. The lowest BCUT2D eigenvalue weighted by Crippen LogP contribution is -2.12. The average Bonchev–Trinajstić information content (AvgIpc) is 3.18. The standard InChI is InChI=1S/C18H13ClN4O/c1-12-17(22-10-3-2-4-16(22)20-12)15-9-11-23(21-15)18(24)13-5-7-14(19)8-6-13/h2-11H,1H3. The van der Waals surface area contributed by atoms with E-state index < -0.39 is 0 Å². The van der Waals surface area contributed by atoms with Crippen molar-refractivity contribution in [3.05, 3.63) is 77.2 Å². The van der Waals surface area contributed by atoms with E-state index in [2.05, 4.69) is 10.1 Å². The van der Waals surface area contributed by atoms with Crippen LogP contribution in [0.1, 0.15) is 16.1 Å². The van der Waals surface area contributed by atoms with Crippen molar-refractivity contribution in [2.24, 2.45) is 0 Å². The number of benzene rings is 1. The van der Waals surface area contributed by atoms with Gasteiger partial charge < -0.3 is 0 Å². The molecule has 0 atom stereocenters. The molecule has 0 bridgehead atoms. The highest BCUT2D eigenvalue weighted by molar-refractivity contribution is 6.30. The maximum Gasteiger partial charge on any atom is 0.278 e. The van der Waals surface area contributed by atoms with Crippen LogP contribution >= 0.6 is 11.6 Å². The Balaban J connectivity index is 1.75. The molecule has 0 spiro atoms. The van der Waals surface area contributed by atoms with E-state index >= 15 is 0 Å². The number of carbonyl (C=O) groups excluding carboxylic acids is 1. The zero-order chi connectivity index (χ0) is 16.7. The van der Waals surface area contributed by atoms with Crippen LogP contribution in [0.3, 0.4) is 0 Å². The van der Waals surface area contributed by atoms with Gasteiger partial charge in [0.25, 0.3) is 5.91 Å². The Morgan fingerprint density at radius 1 is 1.04 bits per heavy atom. The summed E-state index contributed by atoms with van der Waals surface area (Å²) in [5.41, 5.74) is 3.83. The number of carbonyl (C=O) groups is 1. The Bertz CT molecular complexity index is 1050. The van der Waals surface area contributed by atoms with Gasteiger partial charge in [0.1, 0.15) is 11.3 Å². The highest BCUT2D eigenvalue weighted by Crippen LogP contribution is 2.23. The number of imidazole rings is 1. The Labute approximate surface area is 143 Å². The van der Waals surface area contributed by atoms with Crippen molar-refractivity contribution in [3.63, 3.8) is 0 Å². The molecule has 4 rings (SSSR count). The van der Waals surface area contributed by atoms with Gasteiger partial charge in [0.15, 0.2) is 0 Å². The molecule has 0 unspecified atom stereocenters. The van der Waals surface area contributed by atoms with Crippen LogP contribution < -0.4 is 0 Å². The predicted molar refractivity (Wildman–Crippen MR) is 92.3 cm³/mol. The van der Waals surface area contributed by atoms with Crippen molar-refractivity contribution < 1.29 is 4.79 Å². The summed E-state index contributed by atoms with van der Waals surface area (Å²) in [6.45, 7) is 1.93. The zero-order valence-corrected chi connectivity index (χ0v) is 13.6. The smallest absolute Gasteiger partial charge is 0.278 e. The molecule has 6 heteroatoms. The summed E-state index contributed by atoms with van der Waals surface area (Å²) >= 11 is 5.86. The molecule has 0 aliphatic rings. The Kier molecular flexibility index (Phi) is 3.43. The maximum absolute atomic E-state index is 12.5. The number of pyridine rings is 1. The summed E-state index contributed by atoms with van der Waals surface area (Å²) in [6, 6.07) is 14.4. The summed E-state index contributed by atoms with van der Waals surface area (Å²) in [7, 11) is 0. The first-order valence-electron chi connectivity index (χ1n) is 7.43. The fraction of sp³-hybridized carbons (Fsp3) is 0.0556. The van der Waals surface area contributed by atoms with Gasteiger partial charge in [0.2, 0.25) is 0 Å². The quantitative estimate of drug-likeness (QED) is 0.558. The third-order valence-electron chi connectivity index (χ3n) is 3.84. The van der Waals surface area contributed by atoms with Crippen LogP contribution in [0.5, 0.6) is 0 Å². The van der Waals surface area contributed by atoms with Gasteiger partial charge in [0, 0.05) is 23.0 Å². The van der Waals surface area contributed by atoms with Crippen LogP contribution in [-0.4, -0.2) is 25.1 Å². The molecule has 0 amide bonds. The van der Waals surface area contributed by atoms with E-state index in [0.717, 1.165) is 17.0 Å². The van der Waals surface area contributed by atoms with Crippen LogP contribution in [-0.2, 0) is 0 Å². The van der Waals surface area contributed by atoms with Crippen molar-refractivity contribution in [2.45, 2.75) is 6.92 Å². The Morgan fingerprint density at radius 2 is 1.83 bits per heavy atom. The number of aromatic nitrogens is 4. The van der Waals surface area contributed by atoms with Crippen LogP contribution in [0.4, 0.5) is 0 Å². The number of halogens is 1. The van der Waals surface area contributed by atoms with Gasteiger partial charge in [-0.05, 0) is 49.4 Å². The van der Waals surface area contributed by atoms with Crippen LogP contribution in [0.15, 0.2) is 60.9 Å². The molecule has 24 heavy (non-hydrogen) atoms. The minimum absolute atomic E-state index is 0.204. The molecule has 118 valence electrons. The fourth-order valence-electron chi connectivity index (χ4n) is 2.71. The van der Waals surface area contributed by atoms with Gasteiger partial charge in [-0.25, -0.2) is 9.67 Å². The Morgan fingerprint density at radius 3 is 2.62 bits per heavy atom. The van der Waals surface area contributed by atoms with E-state index in [0.29, 0.717) is 16.3 Å². The van der Waals surface area contributed by atoms with Crippen LogP contribution in [0, 0.1) is 6.92 Å². The molecule has 0 radical (unpaired) electrons. The molecule has 3 aromatic heterocycles. The summed E-state index contributed by atoms with van der Waals surface area (Å²) in [4.78, 5) is 17.0. The first-order chi connectivity index (χ1) is 11.6. The lowest BCUT2D eigenvalue weighted by Gasteiger charge is -2.01. The molecule has 0 aliphatic heterocycles. The highest BCUT2D eigenvalue weighted by atomic mass is 35.5. The number of rotatable bonds is 2.